The number of ether oxygens (including phenoxy) is 3. The van der Waals surface area contributed by atoms with Crippen molar-refractivity contribution in [3.63, 3.8) is 0 Å². The van der Waals surface area contributed by atoms with Gasteiger partial charge in [-0.15, -0.1) is 0 Å². The maximum atomic E-state index is 12.1. The third kappa shape index (κ3) is 5.02. The van der Waals surface area contributed by atoms with Gasteiger partial charge in [-0.2, -0.15) is 0 Å². The molecule has 0 spiro atoms. The summed E-state index contributed by atoms with van der Waals surface area (Å²) in [6.45, 7) is 12.1. The summed E-state index contributed by atoms with van der Waals surface area (Å²) in [5, 5.41) is 11.6. The Labute approximate surface area is 204 Å². The van der Waals surface area contributed by atoms with E-state index in [9.17, 15) is 9.90 Å². The van der Waals surface area contributed by atoms with Gasteiger partial charge >= 0.3 is 5.97 Å². The Morgan fingerprint density at radius 2 is 1.94 bits per heavy atom. The molecule has 0 aromatic heterocycles. The van der Waals surface area contributed by atoms with E-state index in [4.69, 9.17) is 14.2 Å². The first-order valence-electron chi connectivity index (χ1n) is 12.6. The van der Waals surface area contributed by atoms with Gasteiger partial charge in [-0.3, -0.25) is 4.79 Å². The van der Waals surface area contributed by atoms with Gasteiger partial charge in [-0.05, 0) is 59.4 Å². The largest absolute Gasteiger partial charge is 0.459 e. The van der Waals surface area contributed by atoms with Gasteiger partial charge in [0.05, 0.1) is 30.5 Å². The van der Waals surface area contributed by atoms with Crippen LogP contribution in [0.2, 0.25) is 0 Å². The summed E-state index contributed by atoms with van der Waals surface area (Å²) in [6.07, 6.45) is 6.09. The Balaban J connectivity index is 1.77. The predicted molar refractivity (Wildman–Crippen MR) is 132 cm³/mol. The van der Waals surface area contributed by atoms with Crippen LogP contribution in [0.5, 0.6) is 0 Å². The van der Waals surface area contributed by atoms with Crippen LogP contribution in [0.3, 0.4) is 0 Å². The second kappa shape index (κ2) is 9.60. The van der Waals surface area contributed by atoms with E-state index in [1.807, 2.05) is 39.0 Å². The van der Waals surface area contributed by atoms with Gasteiger partial charge < -0.3 is 19.3 Å². The molecule has 2 heterocycles. The van der Waals surface area contributed by atoms with Gasteiger partial charge in [0.1, 0.15) is 5.60 Å². The highest BCUT2D eigenvalue weighted by atomic mass is 16.6. The maximum absolute atomic E-state index is 12.1. The molecule has 1 fully saturated rings. The van der Waals surface area contributed by atoms with Crippen molar-refractivity contribution in [3.05, 3.63) is 59.2 Å². The van der Waals surface area contributed by atoms with Crippen LogP contribution in [-0.4, -0.2) is 40.6 Å². The quantitative estimate of drug-likeness (QED) is 0.465. The lowest BCUT2D eigenvalue weighted by molar-refractivity contribution is -0.180. The zero-order valence-electron chi connectivity index (χ0n) is 21.4. The molecule has 0 radical (unpaired) electrons. The van der Waals surface area contributed by atoms with Crippen LogP contribution >= 0.6 is 0 Å². The third-order valence-corrected chi connectivity index (χ3v) is 7.98. The number of carbonyl (C=O) groups is 1. The molecule has 1 aromatic rings. The summed E-state index contributed by atoms with van der Waals surface area (Å²) in [5.74, 6) is -0.382. The highest BCUT2D eigenvalue weighted by Gasteiger charge is 2.61. The molecule has 1 N–H and O–H groups in total. The average molecular weight is 469 g/mol. The molecule has 34 heavy (non-hydrogen) atoms. The fraction of sp³-hybridized carbons (Fsp3) is 0.621. The molecule has 7 atom stereocenters. The fourth-order valence-corrected chi connectivity index (χ4v) is 6.61. The molecule has 0 amide bonds. The molecule has 1 aliphatic carbocycles. The zero-order chi connectivity index (χ0) is 24.7. The third-order valence-electron chi connectivity index (χ3n) is 7.98. The Morgan fingerprint density at radius 3 is 2.62 bits per heavy atom. The molecule has 4 rings (SSSR count). The van der Waals surface area contributed by atoms with Crippen molar-refractivity contribution < 1.29 is 24.1 Å². The summed E-state index contributed by atoms with van der Waals surface area (Å²) in [5.41, 5.74) is 1.83. The van der Waals surface area contributed by atoms with Crippen LogP contribution in [0.15, 0.2) is 53.6 Å². The van der Waals surface area contributed by atoms with E-state index in [0.717, 1.165) is 18.4 Å². The Bertz CT molecular complexity index is 945. The van der Waals surface area contributed by atoms with Crippen molar-refractivity contribution in [2.24, 2.45) is 17.8 Å². The lowest BCUT2D eigenvalue weighted by Crippen LogP contribution is -2.56. The Hall–Kier alpha value is -1.95. The Morgan fingerprint density at radius 1 is 1.24 bits per heavy atom. The van der Waals surface area contributed by atoms with Crippen molar-refractivity contribution in [2.45, 2.75) is 96.9 Å². The summed E-state index contributed by atoms with van der Waals surface area (Å²) in [7, 11) is 0. The maximum Gasteiger partial charge on any atom is 0.303 e. The van der Waals surface area contributed by atoms with Crippen LogP contribution in [0.1, 0.15) is 66.4 Å². The minimum atomic E-state index is -0.995. The molecular weight excluding hydrogens is 428 g/mol. The minimum Gasteiger partial charge on any atom is -0.459 e. The predicted octanol–water partition coefficient (Wildman–Crippen LogP) is 5.37. The van der Waals surface area contributed by atoms with Crippen LogP contribution in [0.4, 0.5) is 0 Å². The summed E-state index contributed by atoms with van der Waals surface area (Å²) >= 11 is 0. The Kier molecular flexibility index (Phi) is 7.10. The molecular formula is C29H40O5. The van der Waals surface area contributed by atoms with Crippen molar-refractivity contribution in [1.29, 1.82) is 0 Å². The average Bonchev–Trinajstić information content (AvgIpc) is 3.13. The second-order valence-electron chi connectivity index (χ2n) is 11.2. The van der Waals surface area contributed by atoms with Crippen molar-refractivity contribution in [1.82, 2.24) is 0 Å². The van der Waals surface area contributed by atoms with Gasteiger partial charge in [0.2, 0.25) is 0 Å². The topological polar surface area (TPSA) is 65.0 Å². The number of hydrogen-bond acceptors (Lipinski definition) is 5. The zero-order valence-corrected chi connectivity index (χ0v) is 21.4. The van der Waals surface area contributed by atoms with E-state index < -0.39 is 11.2 Å². The van der Waals surface area contributed by atoms with E-state index in [1.54, 1.807) is 0 Å². The van der Waals surface area contributed by atoms with Gasteiger partial charge in [-0.1, -0.05) is 53.6 Å². The molecule has 5 nitrogen and oxygen atoms in total. The van der Waals surface area contributed by atoms with E-state index in [1.165, 1.54) is 18.1 Å². The highest BCUT2D eigenvalue weighted by Crippen LogP contribution is 2.55. The second-order valence-corrected chi connectivity index (χ2v) is 11.2. The van der Waals surface area contributed by atoms with E-state index in [2.05, 4.69) is 38.1 Å². The first-order chi connectivity index (χ1) is 16.0. The van der Waals surface area contributed by atoms with Gasteiger partial charge in [0.25, 0.3) is 0 Å². The number of benzene rings is 1. The SMILES string of the molecule is CC(=O)OC(C)(C)[C@@H]1[C@@H]2[C@H](C(C)=C[C@H]1OCc1ccccc1)[C@H]1C/C(C)=C\CC[C@@](C)(O)[C@@H]2O1. The lowest BCUT2D eigenvalue weighted by atomic mass is 9.60. The smallest absolute Gasteiger partial charge is 0.303 e. The number of carbonyl (C=O) groups excluding carboxylic acids is 1. The molecule has 1 saturated heterocycles. The molecule has 0 unspecified atom stereocenters. The molecule has 5 heteroatoms. The van der Waals surface area contributed by atoms with E-state index in [0.29, 0.717) is 13.0 Å². The monoisotopic (exact) mass is 468 g/mol. The van der Waals surface area contributed by atoms with Crippen molar-refractivity contribution in [2.75, 3.05) is 0 Å². The van der Waals surface area contributed by atoms with Crippen LogP contribution in [0, 0.1) is 17.8 Å². The summed E-state index contributed by atoms with van der Waals surface area (Å²) < 4.78 is 19.2. The van der Waals surface area contributed by atoms with Crippen LogP contribution in [-0.2, 0) is 25.6 Å². The van der Waals surface area contributed by atoms with E-state index in [-0.39, 0.29) is 42.0 Å². The molecule has 0 saturated carbocycles. The van der Waals surface area contributed by atoms with Gasteiger partial charge in [0.15, 0.2) is 0 Å². The molecule has 1 aromatic carbocycles. The standard InChI is InChI=1S/C29H40O5/c1-18-11-10-14-29(6,31)27-25-24(22(15-18)33-27)19(2)16-23(26(25)28(4,5)34-20(3)30)32-17-21-12-8-7-9-13-21/h7-9,11-13,16,22-27,31H,10,14-15,17H2,1-6H3/b18-11-/t22-,23-,24-,25+,26+,27-,29-/m1/s1. The van der Waals surface area contributed by atoms with E-state index >= 15 is 0 Å². The summed E-state index contributed by atoms with van der Waals surface area (Å²) in [4.78, 5) is 12.1. The number of aliphatic hydroxyl groups is 1. The normalized spacial score (nSPS) is 37.4. The van der Waals surface area contributed by atoms with Gasteiger partial charge in [-0.25, -0.2) is 0 Å². The van der Waals surface area contributed by atoms with Gasteiger partial charge in [0, 0.05) is 24.7 Å². The lowest BCUT2D eigenvalue weighted by Gasteiger charge is -2.49. The minimum absolute atomic E-state index is 0.0159. The molecule has 186 valence electrons. The van der Waals surface area contributed by atoms with Crippen molar-refractivity contribution >= 4 is 5.97 Å². The number of allylic oxidation sites excluding steroid dienone is 1. The number of rotatable bonds is 5. The molecule has 2 bridgehead atoms. The number of hydrogen-bond donors (Lipinski definition) is 1. The fourth-order valence-electron chi connectivity index (χ4n) is 6.61. The van der Waals surface area contributed by atoms with Crippen molar-refractivity contribution in [3.8, 4) is 0 Å². The summed E-state index contributed by atoms with van der Waals surface area (Å²) in [6, 6.07) is 10.1. The molecule has 3 aliphatic rings. The first kappa shape index (κ1) is 25.2. The first-order valence-corrected chi connectivity index (χ1v) is 12.6. The highest BCUT2D eigenvalue weighted by molar-refractivity contribution is 5.66. The molecule has 2 aliphatic heterocycles. The van der Waals surface area contributed by atoms with Crippen LogP contribution < -0.4 is 0 Å². The number of fused-ring (bicyclic) bond motifs is 5. The number of esters is 1. The van der Waals surface area contributed by atoms with Crippen LogP contribution in [0.25, 0.3) is 0 Å².